The molecule has 0 saturated carbocycles. The second kappa shape index (κ2) is 9.15. The van der Waals surface area contributed by atoms with Gasteiger partial charge < -0.3 is 24.8 Å². The van der Waals surface area contributed by atoms with Gasteiger partial charge in [0, 0.05) is 32.2 Å². The first-order chi connectivity index (χ1) is 11.8. The van der Waals surface area contributed by atoms with Crippen LogP contribution in [0.5, 0.6) is 11.5 Å². The van der Waals surface area contributed by atoms with E-state index in [1.165, 1.54) is 5.56 Å². The first-order valence-electron chi connectivity index (χ1n) is 8.13. The van der Waals surface area contributed by atoms with E-state index in [1.807, 2.05) is 6.07 Å². The molecule has 2 N–H and O–H groups in total. The van der Waals surface area contributed by atoms with E-state index < -0.39 is 0 Å². The van der Waals surface area contributed by atoms with Crippen molar-refractivity contribution in [3.63, 3.8) is 0 Å². The Bertz CT molecular complexity index is 651. The summed E-state index contributed by atoms with van der Waals surface area (Å²) in [6.45, 7) is 2.97. The molecule has 25 heavy (non-hydrogen) atoms. The minimum atomic E-state index is -0.0347. The van der Waals surface area contributed by atoms with E-state index in [2.05, 4.69) is 33.7 Å². The molecule has 0 aliphatic carbocycles. The molecular formula is C18H24IN3O3. The van der Waals surface area contributed by atoms with Gasteiger partial charge in [-0.25, -0.2) is 0 Å². The number of hydrogen-bond acceptors (Lipinski definition) is 4. The average Bonchev–Trinajstić information content (AvgIpc) is 3.10. The highest BCUT2D eigenvalue weighted by Crippen LogP contribution is 2.40. The smallest absolute Gasteiger partial charge is 0.231 e. The fraction of sp³-hybridized carbons (Fsp3) is 0.500. The summed E-state index contributed by atoms with van der Waals surface area (Å²) in [5.41, 5.74) is 1.20. The molecule has 2 aliphatic rings. The minimum Gasteiger partial charge on any atom is -0.454 e. The van der Waals surface area contributed by atoms with Gasteiger partial charge in [-0.3, -0.25) is 4.99 Å². The van der Waals surface area contributed by atoms with Crippen molar-refractivity contribution in [3.05, 3.63) is 23.8 Å². The summed E-state index contributed by atoms with van der Waals surface area (Å²) in [4.78, 5) is 4.22. The van der Waals surface area contributed by atoms with Gasteiger partial charge in [-0.2, -0.15) is 0 Å². The van der Waals surface area contributed by atoms with Crippen molar-refractivity contribution in [1.82, 2.24) is 10.6 Å². The Kier molecular flexibility index (Phi) is 7.20. The first-order valence-corrected chi connectivity index (χ1v) is 8.13. The van der Waals surface area contributed by atoms with Crippen LogP contribution in [0.15, 0.2) is 23.2 Å². The number of rotatable bonds is 4. The summed E-state index contributed by atoms with van der Waals surface area (Å²) in [6.07, 6.45) is 7.17. The summed E-state index contributed by atoms with van der Waals surface area (Å²) in [5, 5.41) is 6.49. The predicted molar refractivity (Wildman–Crippen MR) is 108 cm³/mol. The van der Waals surface area contributed by atoms with Crippen molar-refractivity contribution < 1.29 is 14.2 Å². The van der Waals surface area contributed by atoms with Crippen molar-refractivity contribution in [3.8, 4) is 23.8 Å². The number of halogens is 1. The molecule has 6 nitrogen and oxygen atoms in total. The Labute approximate surface area is 165 Å². The number of nitrogens with one attached hydrogen (secondary N) is 2. The van der Waals surface area contributed by atoms with Gasteiger partial charge in [-0.1, -0.05) is 12.0 Å². The number of hydrogen-bond donors (Lipinski definition) is 2. The van der Waals surface area contributed by atoms with Crippen molar-refractivity contribution in [2.75, 3.05) is 40.1 Å². The molecule has 0 atom stereocenters. The normalized spacial score (nSPS) is 18.0. The summed E-state index contributed by atoms with van der Waals surface area (Å²) in [7, 11) is 1.74. The summed E-state index contributed by atoms with van der Waals surface area (Å²) >= 11 is 0. The molecule has 1 fully saturated rings. The molecule has 7 heteroatoms. The summed E-state index contributed by atoms with van der Waals surface area (Å²) < 4.78 is 16.5. The number of ether oxygens (including phenoxy) is 3. The lowest BCUT2D eigenvalue weighted by molar-refractivity contribution is 0.0513. The molecule has 1 saturated heterocycles. The lowest BCUT2D eigenvalue weighted by Gasteiger charge is -2.38. The lowest BCUT2D eigenvalue weighted by atomic mass is 9.74. The van der Waals surface area contributed by atoms with Gasteiger partial charge in [0.1, 0.15) is 0 Å². The molecule has 0 bridgehead atoms. The molecule has 2 heterocycles. The van der Waals surface area contributed by atoms with E-state index in [1.54, 1.807) is 7.05 Å². The second-order valence-corrected chi connectivity index (χ2v) is 5.94. The Hall–Kier alpha value is -1.66. The Morgan fingerprint density at radius 2 is 2.00 bits per heavy atom. The zero-order valence-corrected chi connectivity index (χ0v) is 16.7. The maximum absolute atomic E-state index is 5.58. The molecule has 1 aromatic carbocycles. The molecule has 0 aromatic heterocycles. The number of benzene rings is 1. The van der Waals surface area contributed by atoms with Crippen LogP contribution in [0.25, 0.3) is 0 Å². The predicted octanol–water partition coefficient (Wildman–Crippen LogP) is 1.88. The van der Waals surface area contributed by atoms with E-state index in [0.717, 1.165) is 44.1 Å². The van der Waals surface area contributed by atoms with Gasteiger partial charge in [0.05, 0.1) is 6.54 Å². The SMILES string of the molecule is C#CCNC(=NC)NCC1(c2ccc3c(c2)OCO3)CCOCC1.I. The van der Waals surface area contributed by atoms with Gasteiger partial charge in [-0.05, 0) is 30.5 Å². The monoisotopic (exact) mass is 457 g/mol. The Morgan fingerprint density at radius 3 is 2.72 bits per heavy atom. The highest BCUT2D eigenvalue weighted by Gasteiger charge is 2.35. The van der Waals surface area contributed by atoms with Crippen LogP contribution in [-0.2, 0) is 10.2 Å². The number of aliphatic imine (C=N–C) groups is 1. The quantitative estimate of drug-likeness (QED) is 0.313. The van der Waals surface area contributed by atoms with Crippen LogP contribution < -0.4 is 20.1 Å². The highest BCUT2D eigenvalue weighted by molar-refractivity contribution is 14.0. The van der Waals surface area contributed by atoms with E-state index in [9.17, 15) is 0 Å². The largest absolute Gasteiger partial charge is 0.454 e. The van der Waals surface area contributed by atoms with Crippen molar-refractivity contribution in [1.29, 1.82) is 0 Å². The van der Waals surface area contributed by atoms with Crippen molar-refractivity contribution in [2.45, 2.75) is 18.3 Å². The van der Waals surface area contributed by atoms with Crippen molar-refractivity contribution >= 4 is 29.9 Å². The van der Waals surface area contributed by atoms with E-state index >= 15 is 0 Å². The molecule has 136 valence electrons. The van der Waals surface area contributed by atoms with Crippen molar-refractivity contribution in [2.24, 2.45) is 4.99 Å². The van der Waals surface area contributed by atoms with Crippen LogP contribution in [0, 0.1) is 12.3 Å². The van der Waals surface area contributed by atoms with Gasteiger partial charge >= 0.3 is 0 Å². The van der Waals surface area contributed by atoms with Crippen LogP contribution in [0.4, 0.5) is 0 Å². The molecule has 3 rings (SSSR count). The third-order valence-corrected chi connectivity index (χ3v) is 4.61. The molecule has 1 aromatic rings. The molecule has 0 radical (unpaired) electrons. The van der Waals surface area contributed by atoms with E-state index in [0.29, 0.717) is 12.5 Å². The van der Waals surface area contributed by atoms with Gasteiger partial charge in [-0.15, -0.1) is 30.4 Å². The number of fused-ring (bicyclic) bond motifs is 1. The second-order valence-electron chi connectivity index (χ2n) is 5.94. The summed E-state index contributed by atoms with van der Waals surface area (Å²) in [5.74, 6) is 4.88. The third kappa shape index (κ3) is 4.50. The lowest BCUT2D eigenvalue weighted by Crippen LogP contribution is -2.48. The Balaban J connectivity index is 0.00000225. The van der Waals surface area contributed by atoms with Crippen LogP contribution in [0.2, 0.25) is 0 Å². The fourth-order valence-corrected chi connectivity index (χ4v) is 3.16. The maximum Gasteiger partial charge on any atom is 0.231 e. The van der Waals surface area contributed by atoms with Gasteiger partial charge in [0.15, 0.2) is 17.5 Å². The summed E-state index contributed by atoms with van der Waals surface area (Å²) in [6, 6.07) is 6.20. The minimum absolute atomic E-state index is 0. The van der Waals surface area contributed by atoms with Crippen LogP contribution >= 0.6 is 24.0 Å². The molecule has 2 aliphatic heterocycles. The van der Waals surface area contributed by atoms with Crippen LogP contribution in [0.3, 0.4) is 0 Å². The van der Waals surface area contributed by atoms with E-state index in [4.69, 9.17) is 20.6 Å². The average molecular weight is 457 g/mol. The van der Waals surface area contributed by atoms with Crippen LogP contribution in [0.1, 0.15) is 18.4 Å². The first kappa shape index (κ1) is 19.7. The third-order valence-electron chi connectivity index (χ3n) is 4.61. The number of terminal acetylenes is 1. The Morgan fingerprint density at radius 1 is 1.24 bits per heavy atom. The highest BCUT2D eigenvalue weighted by atomic mass is 127. The maximum atomic E-state index is 5.58. The standard InChI is InChI=1S/C18H23N3O3.HI/c1-3-8-20-17(19-2)21-12-18(6-9-22-10-7-18)14-4-5-15-16(11-14)24-13-23-15;/h1,4-5,11H,6-10,12-13H2,2H3,(H2,19,20,21);1H. The van der Waals surface area contributed by atoms with Gasteiger partial charge in [0.25, 0.3) is 0 Å². The molecular weight excluding hydrogens is 433 g/mol. The fourth-order valence-electron chi connectivity index (χ4n) is 3.16. The zero-order valence-electron chi connectivity index (χ0n) is 14.3. The van der Waals surface area contributed by atoms with Gasteiger partial charge in [0.2, 0.25) is 6.79 Å². The topological polar surface area (TPSA) is 64.1 Å². The molecule has 0 unspecified atom stereocenters. The number of nitrogens with zero attached hydrogens (tertiary/aromatic N) is 1. The van der Waals surface area contributed by atoms with E-state index in [-0.39, 0.29) is 36.2 Å². The van der Waals surface area contributed by atoms with Crippen LogP contribution in [-0.4, -0.2) is 46.1 Å². The molecule has 0 spiro atoms. The molecule has 0 amide bonds. The zero-order chi connectivity index (χ0) is 16.8. The number of guanidine groups is 1.